The maximum Gasteiger partial charge on any atom is 0.416 e. The van der Waals surface area contributed by atoms with Crippen LogP contribution in [0, 0.1) is 0 Å². The summed E-state index contributed by atoms with van der Waals surface area (Å²) in [5.41, 5.74) is 3.34. The monoisotopic (exact) mass is 490 g/mol. The Hall–Kier alpha value is -4.09. The number of hydrogen-bond donors (Lipinski definition) is 3. The molecule has 0 bridgehead atoms. The zero-order chi connectivity index (χ0) is 25.4. The third-order valence-corrected chi connectivity index (χ3v) is 4.99. The summed E-state index contributed by atoms with van der Waals surface area (Å²) in [5, 5.41) is 6.58. The van der Waals surface area contributed by atoms with Gasteiger partial charge in [0.2, 0.25) is 0 Å². The minimum absolute atomic E-state index is 0.109. The molecule has 0 unspecified atom stereocenters. The minimum atomic E-state index is -4.56. The molecule has 3 rings (SSSR count). The summed E-state index contributed by atoms with van der Waals surface area (Å²) in [5.74, 6) is -0.424. The highest BCUT2D eigenvalue weighted by Crippen LogP contribution is 2.30. The number of aryl methyl sites for hydroxylation is 1. The molecule has 0 saturated heterocycles. The number of amides is 3. The molecular weight excluding hydrogens is 465 g/mol. The van der Waals surface area contributed by atoms with Crippen molar-refractivity contribution in [3.8, 4) is 11.4 Å². The van der Waals surface area contributed by atoms with E-state index < -0.39 is 35.9 Å². The Morgan fingerprint density at radius 3 is 2.43 bits per heavy atom. The number of carbonyl (C=O) groups excluding carboxylic acids is 2. The number of anilines is 1. The van der Waals surface area contributed by atoms with Gasteiger partial charge in [-0.2, -0.15) is 13.2 Å². The number of nitrogens with zero attached hydrogens (tertiary/aromatic N) is 3. The Kier molecular flexibility index (Phi) is 8.29. The predicted octanol–water partition coefficient (Wildman–Crippen LogP) is 3.77. The smallest absolute Gasteiger partial charge is 0.307 e. The van der Waals surface area contributed by atoms with Crippen molar-refractivity contribution in [1.82, 2.24) is 25.2 Å². The van der Waals surface area contributed by atoms with Crippen molar-refractivity contribution in [2.45, 2.75) is 45.5 Å². The summed E-state index contributed by atoms with van der Waals surface area (Å²) in [6.45, 7) is 2.01. The van der Waals surface area contributed by atoms with Gasteiger partial charge >= 0.3 is 17.9 Å². The molecule has 3 N–H and O–H groups in total. The number of urea groups is 1. The standard InChI is InChI=1S/C23H25F3N6O3/c1-2-3-7-13-32-22(35)31(20(30-32)16-9-5-4-6-10-16)15-19(33)28-29-21(34)27-18-12-8-11-17(14-18)23(24,25)26/h4-6,8-12,14H,2-3,7,13,15H2,1H3,(H,28,33)(H2,27,29,34). The molecule has 1 heterocycles. The highest BCUT2D eigenvalue weighted by Gasteiger charge is 2.30. The zero-order valence-electron chi connectivity index (χ0n) is 18.9. The molecule has 35 heavy (non-hydrogen) atoms. The van der Waals surface area contributed by atoms with Crippen LogP contribution in [0.4, 0.5) is 23.7 Å². The number of halogens is 3. The Morgan fingerprint density at radius 1 is 1.00 bits per heavy atom. The molecule has 0 spiro atoms. The fraction of sp³-hybridized carbons (Fsp3) is 0.304. The summed E-state index contributed by atoms with van der Waals surface area (Å²) < 4.78 is 41.0. The van der Waals surface area contributed by atoms with E-state index in [1.165, 1.54) is 15.3 Å². The number of nitrogens with one attached hydrogen (secondary N) is 3. The van der Waals surface area contributed by atoms with E-state index in [1.54, 1.807) is 24.3 Å². The van der Waals surface area contributed by atoms with Crippen molar-refractivity contribution < 1.29 is 22.8 Å². The van der Waals surface area contributed by atoms with Crippen molar-refractivity contribution in [2.75, 3.05) is 5.32 Å². The van der Waals surface area contributed by atoms with Crippen LogP contribution < -0.4 is 21.9 Å². The van der Waals surface area contributed by atoms with Gasteiger partial charge in [0.1, 0.15) is 6.54 Å². The van der Waals surface area contributed by atoms with Crippen molar-refractivity contribution in [3.63, 3.8) is 0 Å². The molecule has 1 aromatic heterocycles. The lowest BCUT2D eigenvalue weighted by Crippen LogP contribution is -2.46. The van der Waals surface area contributed by atoms with E-state index in [1.807, 2.05) is 13.0 Å². The average Bonchev–Trinajstić information content (AvgIpc) is 3.13. The number of rotatable bonds is 8. The topological polar surface area (TPSA) is 110 Å². The van der Waals surface area contributed by atoms with Gasteiger partial charge in [0, 0.05) is 17.8 Å². The van der Waals surface area contributed by atoms with E-state index in [9.17, 15) is 27.6 Å². The Bertz CT molecular complexity index is 1220. The van der Waals surface area contributed by atoms with E-state index in [2.05, 4.69) is 21.3 Å². The van der Waals surface area contributed by atoms with Crippen molar-refractivity contribution in [2.24, 2.45) is 0 Å². The van der Waals surface area contributed by atoms with Gasteiger partial charge < -0.3 is 5.32 Å². The first-order chi connectivity index (χ1) is 16.7. The number of alkyl halides is 3. The number of aromatic nitrogens is 3. The van der Waals surface area contributed by atoms with Crippen LogP contribution in [0.1, 0.15) is 31.7 Å². The van der Waals surface area contributed by atoms with Crippen LogP contribution >= 0.6 is 0 Å². The first-order valence-corrected chi connectivity index (χ1v) is 10.9. The highest BCUT2D eigenvalue weighted by atomic mass is 19.4. The maximum atomic E-state index is 12.9. The number of unbranched alkanes of at least 4 members (excludes halogenated alkanes) is 2. The second-order valence-corrected chi connectivity index (χ2v) is 7.69. The van der Waals surface area contributed by atoms with E-state index in [0.29, 0.717) is 17.9 Å². The molecule has 0 aliphatic heterocycles. The van der Waals surface area contributed by atoms with Gasteiger partial charge in [0.15, 0.2) is 5.82 Å². The van der Waals surface area contributed by atoms with E-state index in [4.69, 9.17) is 0 Å². The average molecular weight is 490 g/mol. The molecule has 2 aromatic carbocycles. The van der Waals surface area contributed by atoms with Gasteiger partial charge in [0.25, 0.3) is 5.91 Å². The summed E-state index contributed by atoms with van der Waals surface area (Å²) in [6, 6.07) is 12.0. The predicted molar refractivity (Wildman–Crippen MR) is 123 cm³/mol. The maximum absolute atomic E-state index is 12.9. The first kappa shape index (κ1) is 25.5. The molecule has 9 nitrogen and oxygen atoms in total. The summed E-state index contributed by atoms with van der Waals surface area (Å²) in [4.78, 5) is 37.4. The van der Waals surface area contributed by atoms with Crippen LogP contribution in [0.25, 0.3) is 11.4 Å². The Balaban J connectivity index is 1.67. The van der Waals surface area contributed by atoms with E-state index >= 15 is 0 Å². The molecule has 3 aromatic rings. The van der Waals surface area contributed by atoms with E-state index in [0.717, 1.165) is 37.5 Å². The Morgan fingerprint density at radius 2 is 1.74 bits per heavy atom. The van der Waals surface area contributed by atoms with Gasteiger partial charge in [-0.05, 0) is 24.6 Å². The molecule has 0 atom stereocenters. The molecule has 0 aliphatic rings. The van der Waals surface area contributed by atoms with Crippen LogP contribution in [-0.4, -0.2) is 26.3 Å². The molecule has 12 heteroatoms. The van der Waals surface area contributed by atoms with Gasteiger partial charge in [0.05, 0.1) is 5.56 Å². The van der Waals surface area contributed by atoms with Gasteiger partial charge in [-0.1, -0.05) is 56.2 Å². The molecule has 186 valence electrons. The van der Waals surface area contributed by atoms with Gasteiger partial charge in [-0.15, -0.1) is 5.10 Å². The highest BCUT2D eigenvalue weighted by molar-refractivity contribution is 5.91. The summed E-state index contributed by atoms with van der Waals surface area (Å²) in [7, 11) is 0. The molecule has 0 radical (unpaired) electrons. The van der Waals surface area contributed by atoms with Gasteiger partial charge in [-0.25, -0.2) is 19.7 Å². The normalized spacial score (nSPS) is 11.2. The fourth-order valence-corrected chi connectivity index (χ4v) is 3.29. The van der Waals surface area contributed by atoms with Gasteiger partial charge in [-0.3, -0.25) is 14.8 Å². The van der Waals surface area contributed by atoms with E-state index in [-0.39, 0.29) is 5.69 Å². The second kappa shape index (κ2) is 11.4. The number of hydrogen-bond acceptors (Lipinski definition) is 4. The lowest BCUT2D eigenvalue weighted by molar-refractivity contribution is -0.137. The summed E-state index contributed by atoms with van der Waals surface area (Å²) >= 11 is 0. The zero-order valence-corrected chi connectivity index (χ0v) is 18.9. The van der Waals surface area contributed by atoms with Crippen LogP contribution in [0.3, 0.4) is 0 Å². The number of carbonyl (C=O) groups is 2. The molecule has 3 amide bonds. The fourth-order valence-electron chi connectivity index (χ4n) is 3.29. The van der Waals surface area contributed by atoms with Crippen LogP contribution in [0.15, 0.2) is 59.4 Å². The number of benzene rings is 2. The third-order valence-electron chi connectivity index (χ3n) is 4.99. The third kappa shape index (κ3) is 6.95. The minimum Gasteiger partial charge on any atom is -0.307 e. The first-order valence-electron chi connectivity index (χ1n) is 10.9. The molecule has 0 aliphatic carbocycles. The largest absolute Gasteiger partial charge is 0.416 e. The van der Waals surface area contributed by atoms with Crippen LogP contribution in [-0.2, 0) is 24.1 Å². The lowest BCUT2D eigenvalue weighted by Gasteiger charge is -2.11. The lowest BCUT2D eigenvalue weighted by atomic mass is 10.2. The molecule has 0 fully saturated rings. The SMILES string of the molecule is CCCCCn1nc(-c2ccccc2)n(CC(=O)NNC(=O)Nc2cccc(C(F)(F)F)c2)c1=O. The van der Waals surface area contributed by atoms with Crippen LogP contribution in [0.5, 0.6) is 0 Å². The quantitative estimate of drug-likeness (QED) is 0.330. The number of hydrazine groups is 1. The van der Waals surface area contributed by atoms with Crippen molar-refractivity contribution in [3.05, 3.63) is 70.6 Å². The van der Waals surface area contributed by atoms with Crippen molar-refractivity contribution in [1.29, 1.82) is 0 Å². The molecular formula is C23H25F3N6O3. The Labute approximate surface area is 198 Å². The van der Waals surface area contributed by atoms with Crippen molar-refractivity contribution >= 4 is 17.6 Å². The molecule has 0 saturated carbocycles. The van der Waals surface area contributed by atoms with Crippen LogP contribution in [0.2, 0.25) is 0 Å². The second-order valence-electron chi connectivity index (χ2n) is 7.69. The summed E-state index contributed by atoms with van der Waals surface area (Å²) in [6.07, 6.45) is -1.92.